The number of carbonyl (C=O) groups excluding carboxylic acids is 1. The van der Waals surface area contributed by atoms with Crippen LogP contribution < -0.4 is 15.4 Å². The maximum atomic E-state index is 12.4. The van der Waals surface area contributed by atoms with Crippen LogP contribution in [0.2, 0.25) is 10.0 Å². The second-order valence-corrected chi connectivity index (χ2v) is 8.28. The van der Waals surface area contributed by atoms with Crippen LogP contribution in [-0.4, -0.2) is 14.4 Å². The lowest BCUT2D eigenvalue weighted by molar-refractivity contribution is 0.262. The number of nitrogens with one attached hydrogen (secondary N) is 3. The lowest BCUT2D eigenvalue weighted by Gasteiger charge is -2.10. The quantitative estimate of drug-likeness (QED) is 0.498. The van der Waals surface area contributed by atoms with Gasteiger partial charge in [0, 0.05) is 27.1 Å². The summed E-state index contributed by atoms with van der Waals surface area (Å²) in [5.41, 5.74) is 1.42. The molecule has 0 aromatic heterocycles. The Labute approximate surface area is 172 Å². The monoisotopic (exact) mass is 435 g/mol. The molecule has 0 unspecified atom stereocenters. The van der Waals surface area contributed by atoms with Crippen molar-refractivity contribution < 1.29 is 13.2 Å². The van der Waals surface area contributed by atoms with Crippen LogP contribution in [-0.2, 0) is 10.0 Å². The van der Waals surface area contributed by atoms with Crippen molar-refractivity contribution in [3.63, 3.8) is 0 Å². The minimum atomic E-state index is -3.76. The van der Waals surface area contributed by atoms with Crippen molar-refractivity contribution >= 4 is 56.3 Å². The molecule has 144 valence electrons. The summed E-state index contributed by atoms with van der Waals surface area (Å²) in [6.07, 6.45) is 0. The van der Waals surface area contributed by atoms with E-state index in [-0.39, 0.29) is 4.90 Å². The van der Waals surface area contributed by atoms with Crippen LogP contribution >= 0.6 is 23.2 Å². The number of hydrogen-bond acceptors (Lipinski definition) is 3. The van der Waals surface area contributed by atoms with Gasteiger partial charge in [-0.15, -0.1) is 0 Å². The molecule has 0 aliphatic heterocycles. The number of halogens is 2. The number of amides is 2. The topological polar surface area (TPSA) is 87.3 Å². The summed E-state index contributed by atoms with van der Waals surface area (Å²) in [4.78, 5) is 12.1. The fraction of sp³-hybridized carbons (Fsp3) is 0. The van der Waals surface area contributed by atoms with Gasteiger partial charge in [0.25, 0.3) is 10.0 Å². The van der Waals surface area contributed by atoms with Gasteiger partial charge in [0.15, 0.2) is 0 Å². The van der Waals surface area contributed by atoms with Gasteiger partial charge in [-0.05, 0) is 72.8 Å². The van der Waals surface area contributed by atoms with Gasteiger partial charge < -0.3 is 10.6 Å². The highest BCUT2D eigenvalue weighted by molar-refractivity contribution is 7.92. The molecule has 0 fully saturated rings. The standard InChI is InChI=1S/C19H15Cl2N3O3S/c20-13-1-5-15(6-2-13)22-19(25)23-16-9-11-18(12-10-16)28(26,27)24-17-7-3-14(21)4-8-17/h1-12,24H,(H2,22,23,25). The summed E-state index contributed by atoms with van der Waals surface area (Å²) in [6, 6.07) is 18.3. The third kappa shape index (κ3) is 5.39. The minimum Gasteiger partial charge on any atom is -0.308 e. The van der Waals surface area contributed by atoms with Gasteiger partial charge in [0.05, 0.1) is 4.90 Å². The van der Waals surface area contributed by atoms with E-state index in [1.807, 2.05) is 0 Å². The average molecular weight is 436 g/mol. The first kappa shape index (κ1) is 20.0. The highest BCUT2D eigenvalue weighted by Crippen LogP contribution is 2.20. The van der Waals surface area contributed by atoms with Gasteiger partial charge in [0.2, 0.25) is 0 Å². The van der Waals surface area contributed by atoms with Crippen LogP contribution in [0.3, 0.4) is 0 Å². The van der Waals surface area contributed by atoms with Gasteiger partial charge in [-0.25, -0.2) is 13.2 Å². The molecule has 2 amide bonds. The molecular weight excluding hydrogens is 421 g/mol. The van der Waals surface area contributed by atoms with E-state index in [0.717, 1.165) is 0 Å². The number of rotatable bonds is 5. The molecule has 28 heavy (non-hydrogen) atoms. The summed E-state index contributed by atoms with van der Waals surface area (Å²) >= 11 is 11.6. The first-order valence-corrected chi connectivity index (χ1v) is 10.3. The van der Waals surface area contributed by atoms with Crippen molar-refractivity contribution in [2.45, 2.75) is 4.90 Å². The molecule has 0 saturated carbocycles. The van der Waals surface area contributed by atoms with Crippen LogP contribution in [0, 0.1) is 0 Å². The van der Waals surface area contributed by atoms with Gasteiger partial charge in [0.1, 0.15) is 0 Å². The molecular formula is C19H15Cl2N3O3S. The van der Waals surface area contributed by atoms with E-state index in [2.05, 4.69) is 15.4 Å². The molecule has 9 heteroatoms. The fourth-order valence-electron chi connectivity index (χ4n) is 2.28. The molecule has 0 bridgehead atoms. The second kappa shape index (κ2) is 8.52. The van der Waals surface area contributed by atoms with E-state index in [0.29, 0.717) is 27.1 Å². The number of carbonyl (C=O) groups is 1. The molecule has 3 N–H and O–H groups in total. The summed E-state index contributed by atoms with van der Waals surface area (Å²) in [5, 5.41) is 6.35. The smallest absolute Gasteiger partial charge is 0.308 e. The predicted molar refractivity (Wildman–Crippen MR) is 113 cm³/mol. The van der Waals surface area contributed by atoms with Crippen molar-refractivity contribution in [3.05, 3.63) is 82.8 Å². The SMILES string of the molecule is O=C(Nc1ccc(Cl)cc1)Nc1ccc(S(=O)(=O)Nc2ccc(Cl)cc2)cc1. The third-order valence-corrected chi connectivity index (χ3v) is 5.52. The molecule has 6 nitrogen and oxygen atoms in total. The molecule has 0 aliphatic rings. The lowest BCUT2D eigenvalue weighted by Crippen LogP contribution is -2.19. The molecule has 3 aromatic rings. The van der Waals surface area contributed by atoms with Gasteiger partial charge in [-0.2, -0.15) is 0 Å². The fourth-order valence-corrected chi connectivity index (χ4v) is 3.59. The van der Waals surface area contributed by atoms with Crippen molar-refractivity contribution in [2.24, 2.45) is 0 Å². The van der Waals surface area contributed by atoms with Gasteiger partial charge in [-0.3, -0.25) is 4.72 Å². The van der Waals surface area contributed by atoms with Crippen LogP contribution in [0.15, 0.2) is 77.7 Å². The number of sulfonamides is 1. The number of hydrogen-bond donors (Lipinski definition) is 3. The van der Waals surface area contributed by atoms with Crippen molar-refractivity contribution in [3.8, 4) is 0 Å². The van der Waals surface area contributed by atoms with Crippen LogP contribution in [0.5, 0.6) is 0 Å². The maximum Gasteiger partial charge on any atom is 0.323 e. The number of urea groups is 1. The van der Waals surface area contributed by atoms with Crippen LogP contribution in [0.4, 0.5) is 21.9 Å². The first-order valence-electron chi connectivity index (χ1n) is 8.04. The van der Waals surface area contributed by atoms with E-state index in [4.69, 9.17) is 23.2 Å². The van der Waals surface area contributed by atoms with E-state index < -0.39 is 16.1 Å². The van der Waals surface area contributed by atoms with Gasteiger partial charge in [-0.1, -0.05) is 23.2 Å². The summed E-state index contributed by atoms with van der Waals surface area (Å²) < 4.78 is 27.3. The van der Waals surface area contributed by atoms with Crippen LogP contribution in [0.1, 0.15) is 0 Å². The van der Waals surface area contributed by atoms with E-state index in [1.165, 1.54) is 24.3 Å². The highest BCUT2D eigenvalue weighted by Gasteiger charge is 2.14. The Kier molecular flexibility index (Phi) is 6.08. The van der Waals surface area contributed by atoms with E-state index in [1.54, 1.807) is 48.5 Å². The van der Waals surface area contributed by atoms with Crippen molar-refractivity contribution in [2.75, 3.05) is 15.4 Å². The molecule has 0 aliphatic carbocycles. The Morgan fingerprint density at radius 3 is 1.50 bits per heavy atom. The molecule has 0 atom stereocenters. The zero-order chi connectivity index (χ0) is 20.1. The Bertz CT molecular complexity index is 1070. The Hall–Kier alpha value is -2.74. The Morgan fingerprint density at radius 1 is 0.643 bits per heavy atom. The normalized spacial score (nSPS) is 10.9. The number of anilines is 3. The largest absolute Gasteiger partial charge is 0.323 e. The molecule has 3 aromatic carbocycles. The molecule has 0 radical (unpaired) electrons. The van der Waals surface area contributed by atoms with Crippen LogP contribution in [0.25, 0.3) is 0 Å². The minimum absolute atomic E-state index is 0.0612. The number of benzene rings is 3. The lowest BCUT2D eigenvalue weighted by atomic mass is 10.3. The molecule has 0 saturated heterocycles. The second-order valence-electron chi connectivity index (χ2n) is 5.72. The zero-order valence-corrected chi connectivity index (χ0v) is 16.6. The summed E-state index contributed by atoms with van der Waals surface area (Å²) in [7, 11) is -3.76. The van der Waals surface area contributed by atoms with E-state index >= 15 is 0 Å². The highest BCUT2D eigenvalue weighted by atomic mass is 35.5. The van der Waals surface area contributed by atoms with E-state index in [9.17, 15) is 13.2 Å². The third-order valence-electron chi connectivity index (χ3n) is 3.62. The van der Waals surface area contributed by atoms with Gasteiger partial charge >= 0.3 is 6.03 Å². The first-order chi connectivity index (χ1) is 13.3. The average Bonchev–Trinajstić information content (AvgIpc) is 2.66. The molecule has 0 heterocycles. The summed E-state index contributed by atoms with van der Waals surface area (Å²) in [6.45, 7) is 0. The zero-order valence-electron chi connectivity index (χ0n) is 14.3. The Morgan fingerprint density at radius 2 is 1.04 bits per heavy atom. The molecule has 3 rings (SSSR count). The van der Waals surface area contributed by atoms with Crippen molar-refractivity contribution in [1.82, 2.24) is 0 Å². The maximum absolute atomic E-state index is 12.4. The Balaban J connectivity index is 1.64. The van der Waals surface area contributed by atoms with Crippen molar-refractivity contribution in [1.29, 1.82) is 0 Å². The predicted octanol–water partition coefficient (Wildman–Crippen LogP) is 5.44. The summed E-state index contributed by atoms with van der Waals surface area (Å²) in [5.74, 6) is 0. The molecule has 0 spiro atoms.